The molecule has 2 unspecified atom stereocenters. The van der Waals surface area contributed by atoms with Crippen LogP contribution in [0.5, 0.6) is 0 Å². The van der Waals surface area contributed by atoms with Gasteiger partial charge in [-0.2, -0.15) is 0 Å². The number of ether oxygens (including phenoxy) is 2. The van der Waals surface area contributed by atoms with Crippen LogP contribution in [0.15, 0.2) is 36.9 Å². The third-order valence-corrected chi connectivity index (χ3v) is 2.90. The summed E-state index contributed by atoms with van der Waals surface area (Å²) >= 11 is 0. The lowest BCUT2D eigenvalue weighted by Crippen LogP contribution is -2.46. The van der Waals surface area contributed by atoms with E-state index >= 15 is 0 Å². The van der Waals surface area contributed by atoms with Gasteiger partial charge in [-0.25, -0.2) is 14.4 Å². The van der Waals surface area contributed by atoms with Crippen LogP contribution in [0.2, 0.25) is 0 Å². The van der Waals surface area contributed by atoms with Crippen molar-refractivity contribution in [1.82, 2.24) is 0 Å². The first-order valence-corrected chi connectivity index (χ1v) is 6.30. The molecule has 1 rings (SSSR count). The maximum atomic E-state index is 12.1. The van der Waals surface area contributed by atoms with E-state index in [0.29, 0.717) is 0 Å². The number of carboxylic acids is 1. The Hall–Kier alpha value is -2.67. The van der Waals surface area contributed by atoms with Gasteiger partial charge in [0.15, 0.2) is 0 Å². The topological polar surface area (TPSA) is 110 Å². The number of aromatic carboxylic acids is 1. The number of hydrogen-bond donors (Lipinski definition) is 2. The molecule has 22 heavy (non-hydrogen) atoms. The van der Waals surface area contributed by atoms with Crippen molar-refractivity contribution in [3.8, 4) is 0 Å². The number of carbonyl (C=O) groups is 3. The molecular formula is C15H16O7. The maximum Gasteiger partial charge on any atom is 0.342 e. The predicted molar refractivity (Wildman–Crippen MR) is 75.2 cm³/mol. The lowest BCUT2D eigenvalue weighted by Gasteiger charge is -2.31. The summed E-state index contributed by atoms with van der Waals surface area (Å²) in [5, 5.41) is 18.7. The van der Waals surface area contributed by atoms with E-state index in [0.717, 1.165) is 6.08 Å². The first kappa shape index (κ1) is 17.4. The third-order valence-electron chi connectivity index (χ3n) is 2.90. The van der Waals surface area contributed by atoms with Crippen molar-refractivity contribution < 1.29 is 34.1 Å². The largest absolute Gasteiger partial charge is 0.478 e. The predicted octanol–water partition coefficient (Wildman–Crippen LogP) is 1.37. The Morgan fingerprint density at radius 1 is 1.23 bits per heavy atom. The molecular weight excluding hydrogens is 292 g/mol. The molecule has 118 valence electrons. The summed E-state index contributed by atoms with van der Waals surface area (Å²) in [6, 6.07) is 5.39. The second kappa shape index (κ2) is 6.86. The van der Waals surface area contributed by atoms with Gasteiger partial charge in [0, 0.05) is 13.0 Å². The quantitative estimate of drug-likeness (QED) is 0.464. The Morgan fingerprint density at radius 2 is 1.77 bits per heavy atom. The van der Waals surface area contributed by atoms with Crippen LogP contribution >= 0.6 is 0 Å². The molecule has 0 heterocycles. The van der Waals surface area contributed by atoms with Crippen LogP contribution < -0.4 is 0 Å². The SMILES string of the molecule is C=CC(=O)OC(C)(OC(=O)c1ccccc1C(=O)O)C(C)O. The Labute approximate surface area is 126 Å². The molecule has 0 aliphatic heterocycles. The van der Waals surface area contributed by atoms with Gasteiger partial charge in [0.05, 0.1) is 11.1 Å². The summed E-state index contributed by atoms with van der Waals surface area (Å²) in [6.07, 6.45) is -0.503. The Bertz CT molecular complexity index is 606. The molecule has 2 atom stereocenters. The highest BCUT2D eigenvalue weighted by atomic mass is 16.7. The van der Waals surface area contributed by atoms with Crippen molar-refractivity contribution in [2.45, 2.75) is 25.7 Å². The van der Waals surface area contributed by atoms with E-state index in [9.17, 15) is 19.5 Å². The average molecular weight is 308 g/mol. The molecule has 0 bridgehead atoms. The zero-order chi connectivity index (χ0) is 16.9. The molecule has 2 N–H and O–H groups in total. The molecule has 0 saturated carbocycles. The maximum absolute atomic E-state index is 12.1. The first-order chi connectivity index (χ1) is 10.2. The third kappa shape index (κ3) is 3.92. The van der Waals surface area contributed by atoms with Crippen molar-refractivity contribution in [3.05, 3.63) is 48.0 Å². The highest BCUT2D eigenvalue weighted by molar-refractivity contribution is 6.02. The van der Waals surface area contributed by atoms with Crippen LogP contribution in [0, 0.1) is 0 Å². The van der Waals surface area contributed by atoms with E-state index in [4.69, 9.17) is 14.6 Å². The van der Waals surface area contributed by atoms with Gasteiger partial charge in [-0.1, -0.05) is 18.7 Å². The van der Waals surface area contributed by atoms with Crippen LogP contribution in [0.3, 0.4) is 0 Å². The highest BCUT2D eigenvalue weighted by Gasteiger charge is 2.39. The summed E-state index contributed by atoms with van der Waals surface area (Å²) in [6.45, 7) is 5.64. The Morgan fingerprint density at radius 3 is 2.23 bits per heavy atom. The minimum atomic E-state index is -1.98. The summed E-state index contributed by atoms with van der Waals surface area (Å²) in [5.41, 5.74) is -0.494. The van der Waals surface area contributed by atoms with Gasteiger partial charge < -0.3 is 19.7 Å². The molecule has 0 saturated heterocycles. The van der Waals surface area contributed by atoms with E-state index in [-0.39, 0.29) is 11.1 Å². The number of esters is 2. The van der Waals surface area contributed by atoms with Crippen LogP contribution in [0.1, 0.15) is 34.6 Å². The fourth-order valence-electron chi connectivity index (χ4n) is 1.52. The van der Waals surface area contributed by atoms with Crippen LogP contribution in [-0.4, -0.2) is 40.0 Å². The van der Waals surface area contributed by atoms with E-state index in [1.54, 1.807) is 0 Å². The lowest BCUT2D eigenvalue weighted by atomic mass is 10.1. The van der Waals surface area contributed by atoms with Gasteiger partial charge in [-0.15, -0.1) is 0 Å². The van der Waals surface area contributed by atoms with Crippen molar-refractivity contribution in [2.24, 2.45) is 0 Å². The minimum absolute atomic E-state index is 0.225. The number of hydrogen-bond acceptors (Lipinski definition) is 6. The van der Waals surface area contributed by atoms with Gasteiger partial charge in [-0.05, 0) is 19.1 Å². The average Bonchev–Trinajstić information content (AvgIpc) is 2.46. The van der Waals surface area contributed by atoms with Crippen molar-refractivity contribution in [3.63, 3.8) is 0 Å². The van der Waals surface area contributed by atoms with E-state index in [1.165, 1.54) is 38.1 Å². The number of rotatable bonds is 6. The zero-order valence-electron chi connectivity index (χ0n) is 12.1. The molecule has 1 aromatic rings. The van der Waals surface area contributed by atoms with Crippen LogP contribution in [0.4, 0.5) is 0 Å². The molecule has 0 aromatic heterocycles. The van der Waals surface area contributed by atoms with Crippen molar-refractivity contribution in [1.29, 1.82) is 0 Å². The number of carboxylic acid groups (broad SMARTS) is 1. The van der Waals surface area contributed by atoms with Gasteiger partial charge in [0.2, 0.25) is 0 Å². The normalized spacial score (nSPS) is 14.3. The molecule has 7 nitrogen and oxygen atoms in total. The first-order valence-electron chi connectivity index (χ1n) is 6.30. The Kier molecular flexibility index (Phi) is 5.42. The Balaban J connectivity index is 3.10. The summed E-state index contributed by atoms with van der Waals surface area (Å²) in [4.78, 5) is 34.5. The second-order valence-corrected chi connectivity index (χ2v) is 4.56. The molecule has 7 heteroatoms. The van der Waals surface area contributed by atoms with Gasteiger partial charge in [0.25, 0.3) is 5.79 Å². The lowest BCUT2D eigenvalue weighted by molar-refractivity contribution is -0.230. The number of carbonyl (C=O) groups excluding carboxylic acids is 2. The van der Waals surface area contributed by atoms with Crippen molar-refractivity contribution >= 4 is 17.9 Å². The van der Waals surface area contributed by atoms with Crippen molar-refractivity contribution in [2.75, 3.05) is 0 Å². The number of benzene rings is 1. The summed E-state index contributed by atoms with van der Waals surface area (Å²) in [7, 11) is 0. The fourth-order valence-corrected chi connectivity index (χ4v) is 1.52. The van der Waals surface area contributed by atoms with E-state index in [1.807, 2.05) is 0 Å². The molecule has 0 aliphatic carbocycles. The highest BCUT2D eigenvalue weighted by Crippen LogP contribution is 2.22. The summed E-state index contributed by atoms with van der Waals surface area (Å²) < 4.78 is 9.85. The molecule has 1 aromatic carbocycles. The van der Waals surface area contributed by atoms with Gasteiger partial charge >= 0.3 is 17.9 Å². The monoisotopic (exact) mass is 308 g/mol. The standard InChI is InChI=1S/C15H16O7/c1-4-12(17)21-15(3,9(2)16)22-14(20)11-8-6-5-7-10(11)13(18)19/h4-9,16H,1H2,2-3H3,(H,18,19). The van der Waals surface area contributed by atoms with E-state index in [2.05, 4.69) is 6.58 Å². The number of aliphatic hydroxyl groups excluding tert-OH is 1. The molecule has 0 amide bonds. The minimum Gasteiger partial charge on any atom is -0.478 e. The zero-order valence-corrected chi connectivity index (χ0v) is 12.1. The molecule has 0 spiro atoms. The van der Waals surface area contributed by atoms with Gasteiger partial charge in [0.1, 0.15) is 6.10 Å². The summed E-state index contributed by atoms with van der Waals surface area (Å²) in [5.74, 6) is -5.23. The molecule has 0 aliphatic rings. The van der Waals surface area contributed by atoms with Crippen LogP contribution in [0.25, 0.3) is 0 Å². The van der Waals surface area contributed by atoms with Gasteiger partial charge in [-0.3, -0.25) is 0 Å². The second-order valence-electron chi connectivity index (χ2n) is 4.56. The molecule has 0 radical (unpaired) electrons. The number of aliphatic hydroxyl groups is 1. The molecule has 0 fully saturated rings. The smallest absolute Gasteiger partial charge is 0.342 e. The van der Waals surface area contributed by atoms with Crippen LogP contribution in [-0.2, 0) is 14.3 Å². The van der Waals surface area contributed by atoms with E-state index < -0.39 is 29.8 Å². The fraction of sp³-hybridized carbons (Fsp3) is 0.267.